The predicted molar refractivity (Wildman–Crippen MR) is 149 cm³/mol. The number of rotatable bonds is 8. The number of fused-ring (bicyclic) bond motifs is 2. The van der Waals surface area contributed by atoms with E-state index in [-0.39, 0.29) is 54.3 Å². The number of benzene rings is 2. The number of ether oxygens (including phenoxy) is 2. The fraction of sp³-hybridized carbons (Fsp3) is 0.321. The van der Waals surface area contributed by atoms with Gasteiger partial charge >= 0.3 is 0 Å². The number of amides is 3. The van der Waals surface area contributed by atoms with Gasteiger partial charge in [0.1, 0.15) is 11.9 Å². The molecule has 41 heavy (non-hydrogen) atoms. The molecule has 212 valence electrons. The minimum absolute atomic E-state index is 0.0629. The van der Waals surface area contributed by atoms with E-state index < -0.39 is 17.5 Å². The highest BCUT2D eigenvalue weighted by atomic mass is 16.5. The van der Waals surface area contributed by atoms with Crippen LogP contribution in [0.2, 0.25) is 0 Å². The Hall–Kier alpha value is -5.07. The molecule has 1 aliphatic rings. The molecule has 0 bridgehead atoms. The van der Waals surface area contributed by atoms with Gasteiger partial charge in [-0.2, -0.15) is 0 Å². The van der Waals surface area contributed by atoms with E-state index in [0.29, 0.717) is 40.2 Å². The van der Waals surface area contributed by atoms with Crippen LogP contribution < -0.4 is 31.2 Å². The zero-order valence-electron chi connectivity index (χ0n) is 22.7. The highest BCUT2D eigenvalue weighted by Gasteiger charge is 2.31. The molecule has 4 aromatic rings. The largest absolute Gasteiger partial charge is 0.493 e. The van der Waals surface area contributed by atoms with Gasteiger partial charge in [0.2, 0.25) is 17.7 Å². The Morgan fingerprint density at radius 1 is 1.07 bits per heavy atom. The molecule has 5 rings (SSSR count). The maximum Gasteiger partial charge on any atom is 0.264 e. The van der Waals surface area contributed by atoms with Crippen LogP contribution in [0, 0.1) is 6.92 Å². The summed E-state index contributed by atoms with van der Waals surface area (Å²) >= 11 is 0. The van der Waals surface area contributed by atoms with Crippen LogP contribution in [0.5, 0.6) is 11.5 Å². The summed E-state index contributed by atoms with van der Waals surface area (Å²) in [6.45, 7) is 1.86. The molecule has 2 N–H and O–H groups in total. The first kappa shape index (κ1) is 27.5. The van der Waals surface area contributed by atoms with E-state index in [1.54, 1.807) is 37.3 Å². The van der Waals surface area contributed by atoms with Crippen LogP contribution in [-0.4, -0.2) is 51.0 Å². The van der Waals surface area contributed by atoms with Gasteiger partial charge in [0.15, 0.2) is 11.5 Å². The number of hydrogen-bond acceptors (Lipinski definition) is 9. The number of nitrogens with zero attached hydrogens (tertiary/aromatic N) is 4. The number of methoxy groups -OCH3 is 2. The van der Waals surface area contributed by atoms with Crippen molar-refractivity contribution in [2.45, 2.75) is 45.2 Å². The fourth-order valence-electron chi connectivity index (χ4n) is 5.02. The van der Waals surface area contributed by atoms with Crippen LogP contribution >= 0.6 is 0 Å². The third-order valence-electron chi connectivity index (χ3n) is 7.03. The number of imide groups is 1. The molecule has 1 aliphatic heterocycles. The second-order valence-electron chi connectivity index (χ2n) is 9.62. The van der Waals surface area contributed by atoms with Crippen molar-refractivity contribution in [2.75, 3.05) is 19.5 Å². The van der Waals surface area contributed by atoms with Gasteiger partial charge in [0.25, 0.3) is 11.1 Å². The van der Waals surface area contributed by atoms with Crippen LogP contribution in [0.15, 0.2) is 46.2 Å². The number of hydrogen-bond donors (Lipinski definition) is 2. The van der Waals surface area contributed by atoms with Crippen LogP contribution in [0.4, 0.5) is 5.69 Å². The molecule has 0 radical (unpaired) electrons. The molecule has 1 unspecified atom stereocenters. The van der Waals surface area contributed by atoms with Crippen LogP contribution in [-0.2, 0) is 20.9 Å². The lowest BCUT2D eigenvalue weighted by Gasteiger charge is -2.24. The first-order valence-electron chi connectivity index (χ1n) is 13.0. The van der Waals surface area contributed by atoms with E-state index in [4.69, 9.17) is 9.47 Å². The van der Waals surface area contributed by atoms with Gasteiger partial charge in [-0.15, -0.1) is 0 Å². The lowest BCUT2D eigenvalue weighted by molar-refractivity contribution is -0.135. The van der Waals surface area contributed by atoms with Gasteiger partial charge in [-0.1, -0.05) is 6.07 Å². The summed E-state index contributed by atoms with van der Waals surface area (Å²) in [4.78, 5) is 72.3. The zero-order valence-corrected chi connectivity index (χ0v) is 22.7. The molecular weight excluding hydrogens is 532 g/mol. The molecule has 13 nitrogen and oxygen atoms in total. The van der Waals surface area contributed by atoms with Crippen molar-refractivity contribution in [3.05, 3.63) is 63.2 Å². The Balaban J connectivity index is 1.34. The average Bonchev–Trinajstić information content (AvgIpc) is 2.94. The Bertz CT molecular complexity index is 1830. The fourth-order valence-corrected chi connectivity index (χ4v) is 5.02. The molecule has 0 spiro atoms. The molecule has 3 amide bonds. The van der Waals surface area contributed by atoms with Crippen molar-refractivity contribution >= 4 is 45.2 Å². The zero-order chi connectivity index (χ0) is 29.3. The second-order valence-corrected chi connectivity index (χ2v) is 9.62. The summed E-state index contributed by atoms with van der Waals surface area (Å²) in [6.07, 6.45) is 2.10. The lowest BCUT2D eigenvalue weighted by atomic mass is 10.1. The van der Waals surface area contributed by atoms with Crippen molar-refractivity contribution in [1.29, 1.82) is 0 Å². The second kappa shape index (κ2) is 11.2. The maximum atomic E-state index is 13.6. The normalized spacial score (nSPS) is 15.1. The third kappa shape index (κ3) is 5.25. The number of aromatic nitrogens is 4. The van der Waals surface area contributed by atoms with Crippen molar-refractivity contribution in [1.82, 2.24) is 24.4 Å². The summed E-state index contributed by atoms with van der Waals surface area (Å²) in [5.41, 5.74) is 0.329. The number of nitrogens with one attached hydrogen (secondary N) is 2. The van der Waals surface area contributed by atoms with Gasteiger partial charge < -0.3 is 14.8 Å². The van der Waals surface area contributed by atoms with Gasteiger partial charge in [0.05, 0.1) is 48.0 Å². The summed E-state index contributed by atoms with van der Waals surface area (Å²) < 4.78 is 13.2. The summed E-state index contributed by atoms with van der Waals surface area (Å²) in [6, 6.07) is 7.23. The molecule has 0 saturated carbocycles. The maximum absolute atomic E-state index is 13.6. The topological polar surface area (TPSA) is 164 Å². The van der Waals surface area contributed by atoms with Crippen LogP contribution in [0.25, 0.3) is 21.8 Å². The molecule has 0 aliphatic carbocycles. The molecule has 2 aromatic heterocycles. The van der Waals surface area contributed by atoms with Gasteiger partial charge in [-0.05, 0) is 38.0 Å². The van der Waals surface area contributed by atoms with Crippen LogP contribution in [0.3, 0.4) is 0 Å². The van der Waals surface area contributed by atoms with E-state index in [0.717, 1.165) is 0 Å². The number of anilines is 1. The molecule has 2 aromatic carbocycles. The first-order valence-corrected chi connectivity index (χ1v) is 13.0. The molecule has 1 fully saturated rings. The molecule has 1 atom stereocenters. The standard InChI is InChI=1S/C28H28N6O7/c1-15-30-17-6-4-7-18(25(17)28(39)34(15)20-9-10-24(36)32-26(20)37)31-23(35)8-5-11-33-14-29-19-13-22(41-3)21(40-2)12-16(19)27(33)38/h4,6-7,12-14,20H,5,8-11H2,1-3H3,(H,31,35)(H,32,36,37). The lowest BCUT2D eigenvalue weighted by Crippen LogP contribution is -2.45. The number of carbonyl (C=O) groups is 3. The Morgan fingerprint density at radius 2 is 1.83 bits per heavy atom. The van der Waals surface area contributed by atoms with Crippen molar-refractivity contribution in [3.8, 4) is 11.5 Å². The summed E-state index contributed by atoms with van der Waals surface area (Å²) in [5, 5.41) is 5.56. The summed E-state index contributed by atoms with van der Waals surface area (Å²) in [5.74, 6) is -0.119. The molecular formula is C28H28N6O7. The van der Waals surface area contributed by atoms with E-state index in [1.165, 1.54) is 29.7 Å². The molecule has 3 heterocycles. The minimum Gasteiger partial charge on any atom is -0.493 e. The Labute approximate surface area is 233 Å². The van der Waals surface area contributed by atoms with Gasteiger partial charge in [-0.25, -0.2) is 9.97 Å². The number of carbonyl (C=O) groups excluding carboxylic acids is 3. The van der Waals surface area contributed by atoms with Crippen molar-refractivity contribution in [3.63, 3.8) is 0 Å². The molecule has 13 heteroatoms. The van der Waals surface area contributed by atoms with Gasteiger partial charge in [0, 0.05) is 25.5 Å². The number of aryl methyl sites for hydroxylation is 2. The minimum atomic E-state index is -0.879. The van der Waals surface area contributed by atoms with E-state index in [9.17, 15) is 24.0 Å². The Kier molecular flexibility index (Phi) is 7.51. The van der Waals surface area contributed by atoms with E-state index in [1.807, 2.05) is 0 Å². The summed E-state index contributed by atoms with van der Waals surface area (Å²) in [7, 11) is 2.98. The Morgan fingerprint density at radius 3 is 2.56 bits per heavy atom. The average molecular weight is 561 g/mol. The SMILES string of the molecule is COc1cc2ncn(CCCC(=O)Nc3cccc4nc(C)n(C5CCC(=O)NC5=O)c(=O)c34)c(=O)c2cc1OC. The predicted octanol–water partition coefficient (Wildman–Crippen LogP) is 1.83. The first-order chi connectivity index (χ1) is 19.7. The van der Waals surface area contributed by atoms with Crippen molar-refractivity contribution in [2.24, 2.45) is 0 Å². The number of piperidine rings is 1. The van der Waals surface area contributed by atoms with E-state index >= 15 is 0 Å². The highest BCUT2D eigenvalue weighted by Crippen LogP contribution is 2.30. The quantitative estimate of drug-likeness (QED) is 0.306. The van der Waals surface area contributed by atoms with E-state index in [2.05, 4.69) is 20.6 Å². The smallest absolute Gasteiger partial charge is 0.264 e. The van der Waals surface area contributed by atoms with Crippen molar-refractivity contribution < 1.29 is 23.9 Å². The highest BCUT2D eigenvalue weighted by molar-refractivity contribution is 6.01. The van der Waals surface area contributed by atoms with Crippen LogP contribution in [0.1, 0.15) is 37.5 Å². The monoisotopic (exact) mass is 560 g/mol. The third-order valence-corrected chi connectivity index (χ3v) is 7.03. The molecule has 1 saturated heterocycles. The van der Waals surface area contributed by atoms with Gasteiger partial charge in [-0.3, -0.25) is 38.4 Å².